The summed E-state index contributed by atoms with van der Waals surface area (Å²) in [6, 6.07) is 17.0. The van der Waals surface area contributed by atoms with Crippen LogP contribution < -0.4 is 5.73 Å². The number of benzene rings is 2. The molecule has 2 aromatic carbocycles. The van der Waals surface area contributed by atoms with Gasteiger partial charge in [-0.1, -0.05) is 41.9 Å². The van der Waals surface area contributed by atoms with Crippen LogP contribution in [0.4, 0.5) is 5.69 Å². The van der Waals surface area contributed by atoms with Crippen molar-refractivity contribution >= 4 is 17.3 Å². The molecule has 2 N–H and O–H groups in total. The Morgan fingerprint density at radius 1 is 1.05 bits per heavy atom. The maximum absolute atomic E-state index is 6.29. The molecule has 0 saturated heterocycles. The minimum Gasteiger partial charge on any atom is -0.399 e. The molecule has 104 valence electrons. The average molecular weight is 287 g/mol. The van der Waals surface area contributed by atoms with Crippen LogP contribution in [-0.4, -0.2) is 10.9 Å². The van der Waals surface area contributed by atoms with E-state index in [1.807, 2.05) is 18.2 Å². The summed E-state index contributed by atoms with van der Waals surface area (Å²) in [5.41, 5.74) is 9.11. The van der Waals surface area contributed by atoms with Gasteiger partial charge >= 0.3 is 0 Å². The Kier molecular flexibility index (Phi) is 3.95. The molecule has 3 rings (SSSR count). The second-order valence-electron chi connectivity index (χ2n) is 5.47. The predicted octanol–water partition coefficient (Wildman–Crippen LogP) is 4.09. The Hall–Kier alpha value is -1.51. The van der Waals surface area contributed by atoms with Crippen molar-refractivity contribution in [2.24, 2.45) is 0 Å². The van der Waals surface area contributed by atoms with E-state index in [-0.39, 0.29) is 0 Å². The quantitative estimate of drug-likeness (QED) is 0.839. The SMILES string of the molecule is Nc1ccc(Cl)c(CN(Cc2ccccc2)C2CC2)c1. The first-order valence-electron chi connectivity index (χ1n) is 7.04. The molecule has 0 spiro atoms. The number of nitrogens with two attached hydrogens (primary N) is 1. The van der Waals surface area contributed by atoms with Gasteiger partial charge in [-0.25, -0.2) is 0 Å². The summed E-state index contributed by atoms with van der Waals surface area (Å²) < 4.78 is 0. The average Bonchev–Trinajstić information content (AvgIpc) is 3.28. The third-order valence-electron chi connectivity index (χ3n) is 3.73. The van der Waals surface area contributed by atoms with Gasteiger partial charge in [-0.2, -0.15) is 0 Å². The predicted molar refractivity (Wildman–Crippen MR) is 84.6 cm³/mol. The Bertz CT molecular complexity index is 579. The molecule has 0 radical (unpaired) electrons. The number of halogens is 1. The number of anilines is 1. The Morgan fingerprint density at radius 2 is 1.80 bits per heavy atom. The van der Waals surface area contributed by atoms with Gasteiger partial charge in [0.05, 0.1) is 0 Å². The van der Waals surface area contributed by atoms with Crippen molar-refractivity contribution in [1.82, 2.24) is 4.90 Å². The smallest absolute Gasteiger partial charge is 0.0452 e. The summed E-state index contributed by atoms with van der Waals surface area (Å²) >= 11 is 6.29. The lowest BCUT2D eigenvalue weighted by Gasteiger charge is -2.23. The molecule has 0 unspecified atom stereocenters. The van der Waals surface area contributed by atoms with Crippen LogP contribution in [0.1, 0.15) is 24.0 Å². The molecule has 20 heavy (non-hydrogen) atoms. The summed E-state index contributed by atoms with van der Waals surface area (Å²) in [5, 5.41) is 0.804. The number of nitrogens with zero attached hydrogens (tertiary/aromatic N) is 1. The van der Waals surface area contributed by atoms with E-state index in [0.29, 0.717) is 6.04 Å². The first-order chi connectivity index (χ1) is 9.72. The standard InChI is InChI=1S/C17H19ClN2/c18-17-9-6-15(19)10-14(17)12-20(16-7-8-16)11-13-4-2-1-3-5-13/h1-6,9-10,16H,7-8,11-12,19H2. The molecule has 1 aliphatic carbocycles. The highest BCUT2D eigenvalue weighted by molar-refractivity contribution is 6.31. The van der Waals surface area contributed by atoms with E-state index in [0.717, 1.165) is 29.4 Å². The van der Waals surface area contributed by atoms with Crippen molar-refractivity contribution in [2.75, 3.05) is 5.73 Å². The van der Waals surface area contributed by atoms with Gasteiger partial charge in [-0.3, -0.25) is 4.90 Å². The molecule has 3 heteroatoms. The van der Waals surface area contributed by atoms with Crippen molar-refractivity contribution < 1.29 is 0 Å². The van der Waals surface area contributed by atoms with Crippen LogP contribution in [-0.2, 0) is 13.1 Å². The lowest BCUT2D eigenvalue weighted by molar-refractivity contribution is 0.246. The topological polar surface area (TPSA) is 29.3 Å². The summed E-state index contributed by atoms with van der Waals surface area (Å²) in [4.78, 5) is 2.50. The fourth-order valence-electron chi connectivity index (χ4n) is 2.51. The number of hydrogen-bond acceptors (Lipinski definition) is 2. The van der Waals surface area contributed by atoms with Gasteiger partial charge in [0.2, 0.25) is 0 Å². The third-order valence-corrected chi connectivity index (χ3v) is 4.10. The minimum absolute atomic E-state index is 0.688. The van der Waals surface area contributed by atoms with Crippen LogP contribution in [0.3, 0.4) is 0 Å². The molecule has 1 aliphatic rings. The number of hydrogen-bond donors (Lipinski definition) is 1. The van der Waals surface area contributed by atoms with E-state index < -0.39 is 0 Å². The van der Waals surface area contributed by atoms with E-state index in [4.69, 9.17) is 17.3 Å². The van der Waals surface area contributed by atoms with Crippen LogP contribution >= 0.6 is 11.6 Å². The van der Waals surface area contributed by atoms with Gasteiger partial charge in [0.25, 0.3) is 0 Å². The maximum atomic E-state index is 6.29. The van der Waals surface area contributed by atoms with Crippen molar-refractivity contribution in [3.63, 3.8) is 0 Å². The molecule has 0 aromatic heterocycles. The number of nitrogen functional groups attached to an aromatic ring is 1. The van der Waals surface area contributed by atoms with Gasteiger partial charge in [-0.05, 0) is 42.2 Å². The van der Waals surface area contributed by atoms with Crippen LogP contribution in [0.15, 0.2) is 48.5 Å². The highest BCUT2D eigenvalue weighted by Crippen LogP contribution is 2.31. The van der Waals surface area contributed by atoms with E-state index in [9.17, 15) is 0 Å². The van der Waals surface area contributed by atoms with Gasteiger partial charge in [0, 0.05) is 29.8 Å². The fourth-order valence-corrected chi connectivity index (χ4v) is 2.68. The Labute approximate surface area is 125 Å². The van der Waals surface area contributed by atoms with E-state index >= 15 is 0 Å². The molecule has 0 atom stereocenters. The highest BCUT2D eigenvalue weighted by atomic mass is 35.5. The van der Waals surface area contributed by atoms with E-state index in [2.05, 4.69) is 35.2 Å². The molecule has 1 fully saturated rings. The van der Waals surface area contributed by atoms with Crippen molar-refractivity contribution in [3.8, 4) is 0 Å². The molecule has 2 nitrogen and oxygen atoms in total. The van der Waals surface area contributed by atoms with Crippen LogP contribution in [0, 0.1) is 0 Å². The zero-order chi connectivity index (χ0) is 13.9. The summed E-state index contributed by atoms with van der Waals surface area (Å²) in [6.07, 6.45) is 2.57. The van der Waals surface area contributed by atoms with E-state index in [1.54, 1.807) is 0 Å². The van der Waals surface area contributed by atoms with Gasteiger partial charge < -0.3 is 5.73 Å². The van der Waals surface area contributed by atoms with Gasteiger partial charge in [0.15, 0.2) is 0 Å². The second kappa shape index (κ2) is 5.86. The minimum atomic E-state index is 0.688. The molecular formula is C17H19ClN2. The van der Waals surface area contributed by atoms with Crippen molar-refractivity contribution in [2.45, 2.75) is 32.0 Å². The molecule has 0 bridgehead atoms. The van der Waals surface area contributed by atoms with Gasteiger partial charge in [-0.15, -0.1) is 0 Å². The summed E-state index contributed by atoms with van der Waals surface area (Å²) in [6.45, 7) is 1.83. The first kappa shape index (κ1) is 13.5. The monoisotopic (exact) mass is 286 g/mol. The zero-order valence-electron chi connectivity index (χ0n) is 11.4. The number of rotatable bonds is 5. The second-order valence-corrected chi connectivity index (χ2v) is 5.88. The molecule has 0 aliphatic heterocycles. The summed E-state index contributed by atoms with van der Waals surface area (Å²) in [7, 11) is 0. The normalized spacial score (nSPS) is 14.7. The fraction of sp³-hybridized carbons (Fsp3) is 0.294. The lowest BCUT2D eigenvalue weighted by atomic mass is 10.1. The van der Waals surface area contributed by atoms with E-state index in [1.165, 1.54) is 18.4 Å². The zero-order valence-corrected chi connectivity index (χ0v) is 12.2. The third kappa shape index (κ3) is 3.33. The lowest BCUT2D eigenvalue weighted by Crippen LogP contribution is -2.25. The van der Waals surface area contributed by atoms with Crippen LogP contribution in [0.2, 0.25) is 5.02 Å². The molecule has 0 heterocycles. The van der Waals surface area contributed by atoms with Crippen molar-refractivity contribution in [1.29, 1.82) is 0 Å². The van der Waals surface area contributed by atoms with Crippen molar-refractivity contribution in [3.05, 3.63) is 64.7 Å². The molecule has 1 saturated carbocycles. The molecule has 2 aromatic rings. The highest BCUT2D eigenvalue weighted by Gasteiger charge is 2.29. The van der Waals surface area contributed by atoms with Crippen LogP contribution in [0.5, 0.6) is 0 Å². The first-order valence-corrected chi connectivity index (χ1v) is 7.42. The van der Waals surface area contributed by atoms with Crippen LogP contribution in [0.25, 0.3) is 0 Å². The van der Waals surface area contributed by atoms with Gasteiger partial charge in [0.1, 0.15) is 0 Å². The molecule has 0 amide bonds. The Morgan fingerprint density at radius 3 is 2.50 bits per heavy atom. The molecular weight excluding hydrogens is 268 g/mol. The Balaban J connectivity index is 1.76. The maximum Gasteiger partial charge on any atom is 0.0452 e. The largest absolute Gasteiger partial charge is 0.399 e. The summed E-state index contributed by atoms with van der Waals surface area (Å²) in [5.74, 6) is 0.